The van der Waals surface area contributed by atoms with Crippen LogP contribution in [-0.2, 0) is 9.53 Å². The minimum absolute atomic E-state index is 0.0811. The Balaban J connectivity index is 1.97. The minimum Gasteiger partial charge on any atom is -0.462 e. The molecule has 23 heavy (non-hydrogen) atoms. The van der Waals surface area contributed by atoms with E-state index in [1.165, 1.54) is 0 Å². The van der Waals surface area contributed by atoms with Crippen LogP contribution in [0, 0.1) is 0 Å². The van der Waals surface area contributed by atoms with Crippen LogP contribution in [-0.4, -0.2) is 18.5 Å². The topological polar surface area (TPSA) is 55.4 Å². The van der Waals surface area contributed by atoms with Gasteiger partial charge in [0.05, 0.1) is 12.2 Å². The van der Waals surface area contributed by atoms with Crippen molar-refractivity contribution in [1.82, 2.24) is 0 Å². The van der Waals surface area contributed by atoms with Crippen molar-refractivity contribution in [3.05, 3.63) is 65.7 Å². The molecule has 0 fully saturated rings. The normalized spacial score (nSPS) is 11.6. The molecule has 4 nitrogen and oxygen atoms in total. The van der Waals surface area contributed by atoms with E-state index in [2.05, 4.69) is 5.32 Å². The molecule has 0 bridgehead atoms. The summed E-state index contributed by atoms with van der Waals surface area (Å²) in [5.74, 6) is -0.340. The third-order valence-electron chi connectivity index (χ3n) is 3.52. The smallest absolute Gasteiger partial charge is 0.338 e. The van der Waals surface area contributed by atoms with Gasteiger partial charge < -0.3 is 10.1 Å². The molecular weight excluding hydrogens is 290 g/mol. The summed E-state index contributed by atoms with van der Waals surface area (Å²) in [4.78, 5) is 23.9. The Bertz CT molecular complexity index is 667. The Hall–Kier alpha value is -2.62. The zero-order chi connectivity index (χ0) is 16.7. The molecule has 0 aliphatic rings. The summed E-state index contributed by atoms with van der Waals surface area (Å²) >= 11 is 0. The first-order valence-corrected chi connectivity index (χ1v) is 7.72. The van der Waals surface area contributed by atoms with E-state index in [0.717, 1.165) is 5.56 Å². The number of nitrogens with one attached hydrogen (secondary N) is 1. The molecule has 1 unspecified atom stereocenters. The molecule has 0 aromatic heterocycles. The fourth-order valence-corrected chi connectivity index (χ4v) is 2.33. The summed E-state index contributed by atoms with van der Waals surface area (Å²) in [5.41, 5.74) is 2.16. The number of rotatable bonds is 6. The van der Waals surface area contributed by atoms with E-state index in [-0.39, 0.29) is 17.8 Å². The van der Waals surface area contributed by atoms with Crippen LogP contribution in [0.25, 0.3) is 0 Å². The molecule has 2 rings (SSSR count). The van der Waals surface area contributed by atoms with Gasteiger partial charge in [0.25, 0.3) is 0 Å². The van der Waals surface area contributed by atoms with Crippen LogP contribution < -0.4 is 5.32 Å². The first-order chi connectivity index (χ1) is 11.1. The van der Waals surface area contributed by atoms with Crippen molar-refractivity contribution >= 4 is 17.6 Å². The zero-order valence-electron chi connectivity index (χ0n) is 13.4. The van der Waals surface area contributed by atoms with Crippen LogP contribution in [0.3, 0.4) is 0 Å². The van der Waals surface area contributed by atoms with Crippen LogP contribution in [0.1, 0.15) is 42.1 Å². The van der Waals surface area contributed by atoms with E-state index in [0.29, 0.717) is 24.3 Å². The third kappa shape index (κ3) is 4.95. The summed E-state index contributed by atoms with van der Waals surface area (Å²) in [7, 11) is 0. The highest BCUT2D eigenvalue weighted by molar-refractivity contribution is 5.94. The largest absolute Gasteiger partial charge is 0.462 e. The van der Waals surface area contributed by atoms with Crippen molar-refractivity contribution in [3.8, 4) is 0 Å². The van der Waals surface area contributed by atoms with E-state index >= 15 is 0 Å². The standard InChI is InChI=1S/C19H21NO3/c1-3-23-19(22)16-10-7-11-17(13-16)20-18(21)12-14(2)15-8-5-4-6-9-15/h4-11,13-14H,3,12H2,1-2H3,(H,20,21). The van der Waals surface area contributed by atoms with Gasteiger partial charge in [-0.25, -0.2) is 4.79 Å². The number of carbonyl (C=O) groups is 2. The van der Waals surface area contributed by atoms with E-state index in [1.807, 2.05) is 37.3 Å². The van der Waals surface area contributed by atoms with Crippen molar-refractivity contribution in [2.45, 2.75) is 26.2 Å². The highest BCUT2D eigenvalue weighted by Crippen LogP contribution is 2.20. The number of ether oxygens (including phenoxy) is 1. The van der Waals surface area contributed by atoms with Gasteiger partial charge in [0.15, 0.2) is 0 Å². The van der Waals surface area contributed by atoms with Crippen molar-refractivity contribution in [1.29, 1.82) is 0 Å². The predicted octanol–water partition coefficient (Wildman–Crippen LogP) is 4.00. The second-order valence-corrected chi connectivity index (χ2v) is 5.37. The Kier molecular flexibility index (Phi) is 5.92. The van der Waals surface area contributed by atoms with Crippen molar-refractivity contribution < 1.29 is 14.3 Å². The van der Waals surface area contributed by atoms with Crippen LogP contribution in [0.5, 0.6) is 0 Å². The summed E-state index contributed by atoms with van der Waals surface area (Å²) in [6.07, 6.45) is 0.383. The van der Waals surface area contributed by atoms with Crippen LogP contribution >= 0.6 is 0 Å². The molecule has 1 amide bonds. The molecule has 0 aliphatic carbocycles. The molecule has 0 saturated heterocycles. The Morgan fingerprint density at radius 1 is 1.09 bits per heavy atom. The van der Waals surface area contributed by atoms with Gasteiger partial charge >= 0.3 is 5.97 Å². The molecule has 1 N–H and O–H groups in total. The maximum atomic E-state index is 12.2. The van der Waals surface area contributed by atoms with Crippen LogP contribution in [0.15, 0.2) is 54.6 Å². The summed E-state index contributed by atoms with van der Waals surface area (Å²) in [5, 5.41) is 2.83. The number of esters is 1. The average Bonchev–Trinajstić information content (AvgIpc) is 2.56. The molecule has 0 heterocycles. The molecule has 0 radical (unpaired) electrons. The van der Waals surface area contributed by atoms with E-state index in [4.69, 9.17) is 4.74 Å². The Labute approximate surface area is 136 Å². The fraction of sp³-hybridized carbons (Fsp3) is 0.263. The van der Waals surface area contributed by atoms with Crippen LogP contribution in [0.2, 0.25) is 0 Å². The molecular formula is C19H21NO3. The third-order valence-corrected chi connectivity index (χ3v) is 3.52. The molecule has 1 atom stereocenters. The van der Waals surface area contributed by atoms with Gasteiger partial charge in [0, 0.05) is 12.1 Å². The van der Waals surface area contributed by atoms with Gasteiger partial charge in [0.2, 0.25) is 5.91 Å². The SMILES string of the molecule is CCOC(=O)c1cccc(NC(=O)CC(C)c2ccccc2)c1. The zero-order valence-corrected chi connectivity index (χ0v) is 13.4. The highest BCUT2D eigenvalue weighted by Gasteiger charge is 2.12. The van der Waals surface area contributed by atoms with E-state index < -0.39 is 0 Å². The maximum absolute atomic E-state index is 12.2. The number of benzene rings is 2. The van der Waals surface area contributed by atoms with E-state index in [1.54, 1.807) is 31.2 Å². The summed E-state index contributed by atoms with van der Waals surface area (Å²) in [6, 6.07) is 16.7. The number of hydrogen-bond acceptors (Lipinski definition) is 3. The lowest BCUT2D eigenvalue weighted by atomic mass is 9.97. The van der Waals surface area contributed by atoms with E-state index in [9.17, 15) is 9.59 Å². The van der Waals surface area contributed by atoms with Crippen molar-refractivity contribution in [2.75, 3.05) is 11.9 Å². The number of hydrogen-bond donors (Lipinski definition) is 1. The second-order valence-electron chi connectivity index (χ2n) is 5.37. The van der Waals surface area contributed by atoms with Gasteiger partial charge in [-0.3, -0.25) is 4.79 Å². The average molecular weight is 311 g/mol. The summed E-state index contributed by atoms with van der Waals surface area (Å²) < 4.78 is 4.96. The fourth-order valence-electron chi connectivity index (χ4n) is 2.33. The van der Waals surface area contributed by atoms with Gasteiger partial charge in [-0.15, -0.1) is 0 Å². The second kappa shape index (κ2) is 8.13. The predicted molar refractivity (Wildman–Crippen MR) is 90.5 cm³/mol. The van der Waals surface area contributed by atoms with Gasteiger partial charge in [-0.2, -0.15) is 0 Å². The summed E-state index contributed by atoms with van der Waals surface area (Å²) in [6.45, 7) is 4.10. The molecule has 0 aliphatic heterocycles. The number of anilines is 1. The van der Waals surface area contributed by atoms with Crippen molar-refractivity contribution in [3.63, 3.8) is 0 Å². The monoisotopic (exact) mass is 311 g/mol. The van der Waals surface area contributed by atoms with Gasteiger partial charge in [0.1, 0.15) is 0 Å². The first-order valence-electron chi connectivity index (χ1n) is 7.72. The molecule has 0 saturated carbocycles. The highest BCUT2D eigenvalue weighted by atomic mass is 16.5. The maximum Gasteiger partial charge on any atom is 0.338 e. The first kappa shape index (κ1) is 16.7. The Morgan fingerprint density at radius 3 is 2.52 bits per heavy atom. The van der Waals surface area contributed by atoms with Gasteiger partial charge in [-0.1, -0.05) is 43.3 Å². The quantitative estimate of drug-likeness (QED) is 0.821. The molecule has 2 aromatic rings. The molecule has 0 spiro atoms. The van der Waals surface area contributed by atoms with Crippen molar-refractivity contribution in [2.24, 2.45) is 0 Å². The Morgan fingerprint density at radius 2 is 1.83 bits per heavy atom. The number of carbonyl (C=O) groups excluding carboxylic acids is 2. The molecule has 4 heteroatoms. The lowest BCUT2D eigenvalue weighted by Gasteiger charge is -2.12. The van der Waals surface area contributed by atoms with Gasteiger partial charge in [-0.05, 0) is 36.6 Å². The molecule has 120 valence electrons. The van der Waals surface area contributed by atoms with Crippen LogP contribution in [0.4, 0.5) is 5.69 Å². The number of amides is 1. The molecule has 2 aromatic carbocycles. The minimum atomic E-state index is -0.388. The lowest BCUT2D eigenvalue weighted by molar-refractivity contribution is -0.116. The lowest BCUT2D eigenvalue weighted by Crippen LogP contribution is -2.15.